The summed E-state index contributed by atoms with van der Waals surface area (Å²) in [7, 11) is 1.75. The molecule has 1 aromatic rings. The highest BCUT2D eigenvalue weighted by molar-refractivity contribution is 5.92. The molecule has 0 unspecified atom stereocenters. The van der Waals surface area contributed by atoms with Gasteiger partial charge in [0.1, 0.15) is 5.69 Å². The molecular formula is C16H26N2O2. The van der Waals surface area contributed by atoms with E-state index < -0.39 is 0 Å². The first-order valence-electron chi connectivity index (χ1n) is 7.58. The minimum Gasteiger partial charge on any atom is -0.385 e. The van der Waals surface area contributed by atoms with Gasteiger partial charge in [0.25, 0.3) is 5.91 Å². The molecule has 112 valence electrons. The molecule has 0 radical (unpaired) electrons. The van der Waals surface area contributed by atoms with Crippen LogP contribution in [0.15, 0.2) is 18.3 Å². The van der Waals surface area contributed by atoms with Gasteiger partial charge in [-0.2, -0.15) is 0 Å². The van der Waals surface area contributed by atoms with E-state index in [0.29, 0.717) is 12.0 Å². The normalized spacial score (nSPS) is 16.9. The summed E-state index contributed by atoms with van der Waals surface area (Å²) in [4.78, 5) is 14.6. The third-order valence-electron chi connectivity index (χ3n) is 4.19. The third-order valence-corrected chi connectivity index (χ3v) is 4.19. The summed E-state index contributed by atoms with van der Waals surface area (Å²) < 4.78 is 7.19. The van der Waals surface area contributed by atoms with Gasteiger partial charge in [0.15, 0.2) is 0 Å². The molecule has 1 aromatic heterocycles. The molecule has 2 rings (SSSR count). The summed E-state index contributed by atoms with van der Waals surface area (Å²) in [6.07, 6.45) is 5.29. The predicted molar refractivity (Wildman–Crippen MR) is 79.9 cm³/mol. The third kappa shape index (κ3) is 3.42. The predicted octanol–water partition coefficient (Wildman–Crippen LogP) is 2.96. The fourth-order valence-corrected chi connectivity index (χ4v) is 2.90. The molecule has 0 atom stereocenters. The number of likely N-dealkylation sites (tertiary alicyclic amines) is 1. The number of aromatic nitrogens is 1. The van der Waals surface area contributed by atoms with Crippen molar-refractivity contribution in [2.45, 2.75) is 39.2 Å². The Hall–Kier alpha value is -1.29. The molecule has 4 heteroatoms. The van der Waals surface area contributed by atoms with Crippen molar-refractivity contribution >= 4 is 5.91 Å². The molecule has 0 N–H and O–H groups in total. The van der Waals surface area contributed by atoms with Gasteiger partial charge in [-0.15, -0.1) is 0 Å². The molecule has 1 aliphatic rings. The number of carbonyl (C=O) groups excluding carboxylic acids is 1. The Bertz CT molecular complexity index is 431. The number of hydrogen-bond donors (Lipinski definition) is 0. The first-order chi connectivity index (χ1) is 9.63. The molecule has 0 saturated carbocycles. The van der Waals surface area contributed by atoms with Gasteiger partial charge in [-0.25, -0.2) is 0 Å². The fraction of sp³-hybridized carbons (Fsp3) is 0.688. The molecule has 1 saturated heterocycles. The summed E-state index contributed by atoms with van der Waals surface area (Å²) in [5.74, 6) is 0.879. The monoisotopic (exact) mass is 278 g/mol. The van der Waals surface area contributed by atoms with E-state index in [0.717, 1.165) is 44.7 Å². The largest absolute Gasteiger partial charge is 0.385 e. The maximum atomic E-state index is 12.6. The Labute approximate surface area is 121 Å². The fourth-order valence-electron chi connectivity index (χ4n) is 2.90. The molecule has 20 heavy (non-hydrogen) atoms. The lowest BCUT2D eigenvalue weighted by Crippen LogP contribution is -2.39. The summed E-state index contributed by atoms with van der Waals surface area (Å²) >= 11 is 0. The van der Waals surface area contributed by atoms with Crippen LogP contribution in [-0.2, 0) is 4.74 Å². The van der Waals surface area contributed by atoms with Crippen LogP contribution in [-0.4, -0.2) is 42.2 Å². The van der Waals surface area contributed by atoms with Crippen molar-refractivity contribution in [3.63, 3.8) is 0 Å². The van der Waals surface area contributed by atoms with E-state index in [9.17, 15) is 4.79 Å². The van der Waals surface area contributed by atoms with Crippen LogP contribution < -0.4 is 0 Å². The van der Waals surface area contributed by atoms with Crippen molar-refractivity contribution in [3.8, 4) is 0 Å². The van der Waals surface area contributed by atoms with Crippen LogP contribution in [0.3, 0.4) is 0 Å². The highest BCUT2D eigenvalue weighted by Crippen LogP contribution is 2.22. The van der Waals surface area contributed by atoms with Crippen molar-refractivity contribution in [1.29, 1.82) is 0 Å². The lowest BCUT2D eigenvalue weighted by molar-refractivity contribution is 0.0657. The van der Waals surface area contributed by atoms with Crippen LogP contribution in [0.4, 0.5) is 0 Å². The van der Waals surface area contributed by atoms with Gasteiger partial charge in [0.05, 0.1) is 0 Å². The van der Waals surface area contributed by atoms with Crippen molar-refractivity contribution in [1.82, 2.24) is 9.47 Å². The Kier molecular flexibility index (Phi) is 5.24. The molecule has 1 amide bonds. The summed E-state index contributed by atoms with van der Waals surface area (Å²) in [5, 5.41) is 0. The summed E-state index contributed by atoms with van der Waals surface area (Å²) in [5.41, 5.74) is 0.815. The van der Waals surface area contributed by atoms with E-state index in [2.05, 4.69) is 18.4 Å². The van der Waals surface area contributed by atoms with Crippen LogP contribution in [0.5, 0.6) is 0 Å². The molecular weight excluding hydrogens is 252 g/mol. The second-order valence-electron chi connectivity index (χ2n) is 5.91. The van der Waals surface area contributed by atoms with Gasteiger partial charge in [0.2, 0.25) is 0 Å². The van der Waals surface area contributed by atoms with E-state index in [1.165, 1.54) is 0 Å². The number of rotatable bonds is 5. The Balaban J connectivity index is 1.93. The van der Waals surface area contributed by atoms with Gasteiger partial charge in [-0.1, -0.05) is 0 Å². The van der Waals surface area contributed by atoms with Gasteiger partial charge < -0.3 is 14.2 Å². The molecule has 1 fully saturated rings. The molecule has 0 aliphatic carbocycles. The number of ether oxygens (including phenoxy) is 1. The van der Waals surface area contributed by atoms with Gasteiger partial charge in [-0.05, 0) is 51.2 Å². The van der Waals surface area contributed by atoms with Crippen molar-refractivity contribution < 1.29 is 9.53 Å². The molecule has 0 aromatic carbocycles. The first-order valence-corrected chi connectivity index (χ1v) is 7.58. The van der Waals surface area contributed by atoms with E-state index in [-0.39, 0.29) is 5.91 Å². The van der Waals surface area contributed by atoms with E-state index in [4.69, 9.17) is 4.74 Å². The number of piperidine rings is 1. The standard InChI is InChI=1S/C16H26N2O2/c1-13(2)18-9-4-5-15(18)16(19)17-10-6-14(7-11-17)8-12-20-3/h4-5,9,13-14H,6-8,10-12H2,1-3H3. The zero-order valence-electron chi connectivity index (χ0n) is 12.8. The van der Waals surface area contributed by atoms with Crippen molar-refractivity contribution in [3.05, 3.63) is 24.0 Å². The van der Waals surface area contributed by atoms with Gasteiger partial charge >= 0.3 is 0 Å². The number of nitrogens with zero attached hydrogens (tertiary/aromatic N) is 2. The average Bonchev–Trinajstić information content (AvgIpc) is 2.94. The van der Waals surface area contributed by atoms with Crippen molar-refractivity contribution in [2.75, 3.05) is 26.8 Å². The molecule has 4 nitrogen and oxygen atoms in total. The average molecular weight is 278 g/mol. The Morgan fingerprint density at radius 1 is 1.40 bits per heavy atom. The quantitative estimate of drug-likeness (QED) is 0.830. The van der Waals surface area contributed by atoms with E-state index >= 15 is 0 Å². The van der Waals surface area contributed by atoms with E-state index in [1.807, 2.05) is 23.2 Å². The topological polar surface area (TPSA) is 34.5 Å². The first kappa shape index (κ1) is 15.1. The maximum absolute atomic E-state index is 12.6. The molecule has 0 bridgehead atoms. The highest BCUT2D eigenvalue weighted by atomic mass is 16.5. The number of methoxy groups -OCH3 is 1. The van der Waals surface area contributed by atoms with Crippen LogP contribution in [0, 0.1) is 5.92 Å². The van der Waals surface area contributed by atoms with Gasteiger partial charge in [-0.3, -0.25) is 4.79 Å². The molecule has 0 spiro atoms. The summed E-state index contributed by atoms with van der Waals surface area (Å²) in [6, 6.07) is 4.21. The zero-order valence-corrected chi connectivity index (χ0v) is 12.8. The Morgan fingerprint density at radius 2 is 2.10 bits per heavy atom. The molecule has 2 heterocycles. The molecule has 1 aliphatic heterocycles. The minimum absolute atomic E-state index is 0.175. The number of carbonyl (C=O) groups is 1. The zero-order chi connectivity index (χ0) is 14.5. The van der Waals surface area contributed by atoms with Crippen molar-refractivity contribution in [2.24, 2.45) is 5.92 Å². The lowest BCUT2D eigenvalue weighted by atomic mass is 9.94. The van der Waals surface area contributed by atoms with E-state index in [1.54, 1.807) is 7.11 Å². The SMILES string of the molecule is COCCC1CCN(C(=O)c2cccn2C(C)C)CC1. The maximum Gasteiger partial charge on any atom is 0.270 e. The lowest BCUT2D eigenvalue weighted by Gasteiger charge is -2.32. The number of hydrogen-bond acceptors (Lipinski definition) is 2. The van der Waals surface area contributed by atoms with Gasteiger partial charge in [0, 0.05) is 39.0 Å². The number of amides is 1. The second kappa shape index (κ2) is 6.93. The second-order valence-corrected chi connectivity index (χ2v) is 5.91. The Morgan fingerprint density at radius 3 is 2.70 bits per heavy atom. The highest BCUT2D eigenvalue weighted by Gasteiger charge is 2.25. The van der Waals surface area contributed by atoms with Crippen LogP contribution >= 0.6 is 0 Å². The van der Waals surface area contributed by atoms with Crippen LogP contribution in [0.2, 0.25) is 0 Å². The van der Waals surface area contributed by atoms with Crippen LogP contribution in [0.25, 0.3) is 0 Å². The van der Waals surface area contributed by atoms with Crippen LogP contribution in [0.1, 0.15) is 49.6 Å². The smallest absolute Gasteiger partial charge is 0.270 e. The summed E-state index contributed by atoms with van der Waals surface area (Å²) in [6.45, 7) is 6.78. The minimum atomic E-state index is 0.175.